The highest BCUT2D eigenvalue weighted by Gasteiger charge is 2.31. The monoisotopic (exact) mass is 522 g/mol. The maximum absolute atomic E-state index is 13.7. The van der Waals surface area contributed by atoms with Crippen molar-refractivity contribution < 1.29 is 13.9 Å². The molecular weight excluding hydrogens is 484 g/mol. The Morgan fingerprint density at radius 3 is 2.46 bits per heavy atom. The Morgan fingerprint density at radius 1 is 0.949 bits per heavy atom. The number of rotatable bonds is 8. The molecule has 0 aliphatic carbocycles. The van der Waals surface area contributed by atoms with E-state index in [0.717, 1.165) is 35.6 Å². The van der Waals surface area contributed by atoms with E-state index < -0.39 is 0 Å². The molecule has 0 spiro atoms. The van der Waals surface area contributed by atoms with E-state index in [1.807, 2.05) is 65.6 Å². The van der Waals surface area contributed by atoms with Gasteiger partial charge in [0.1, 0.15) is 17.1 Å². The Kier molecular flexibility index (Phi) is 7.60. The first kappa shape index (κ1) is 26.7. The number of amides is 1. The van der Waals surface area contributed by atoms with E-state index in [2.05, 4.69) is 39.6 Å². The van der Waals surface area contributed by atoms with Gasteiger partial charge < -0.3 is 14.1 Å². The number of furan rings is 1. The van der Waals surface area contributed by atoms with Crippen LogP contribution in [0.1, 0.15) is 75.7 Å². The van der Waals surface area contributed by atoms with Crippen molar-refractivity contribution in [2.45, 2.75) is 72.4 Å². The SMILES string of the molecule is Cc1c(C)c2c(c(C)c1Cc1ccc(C(=O)N(CCc3ccccn3)Cc3ccccc3)o1)CCC(C)(C)O2. The third-order valence-electron chi connectivity index (χ3n) is 7.98. The summed E-state index contributed by atoms with van der Waals surface area (Å²) in [5, 5.41) is 0. The van der Waals surface area contributed by atoms with Crippen LogP contribution in [0.3, 0.4) is 0 Å². The molecule has 0 atom stereocenters. The van der Waals surface area contributed by atoms with Crippen LogP contribution in [0.25, 0.3) is 0 Å². The average molecular weight is 523 g/mol. The van der Waals surface area contributed by atoms with E-state index in [9.17, 15) is 4.79 Å². The number of hydrogen-bond donors (Lipinski definition) is 0. The molecule has 1 amide bonds. The maximum Gasteiger partial charge on any atom is 0.289 e. The second-order valence-electron chi connectivity index (χ2n) is 11.2. The summed E-state index contributed by atoms with van der Waals surface area (Å²) in [6.07, 6.45) is 5.12. The van der Waals surface area contributed by atoms with Crippen LogP contribution in [0.5, 0.6) is 5.75 Å². The van der Waals surface area contributed by atoms with E-state index in [1.54, 1.807) is 6.20 Å². The molecule has 0 N–H and O–H groups in total. The van der Waals surface area contributed by atoms with Gasteiger partial charge in [0.2, 0.25) is 0 Å². The molecule has 1 aliphatic heterocycles. The molecule has 4 aromatic rings. The van der Waals surface area contributed by atoms with Crippen LogP contribution >= 0.6 is 0 Å². The van der Waals surface area contributed by atoms with Crippen molar-refractivity contribution in [3.63, 3.8) is 0 Å². The van der Waals surface area contributed by atoms with Gasteiger partial charge in [0.25, 0.3) is 5.91 Å². The fraction of sp³-hybridized carbons (Fsp3) is 0.353. The molecule has 39 heavy (non-hydrogen) atoms. The molecule has 0 saturated carbocycles. The predicted octanol–water partition coefficient (Wildman–Crippen LogP) is 7.18. The maximum atomic E-state index is 13.7. The van der Waals surface area contributed by atoms with Gasteiger partial charge in [0.05, 0.1) is 0 Å². The van der Waals surface area contributed by atoms with E-state index in [1.165, 1.54) is 27.8 Å². The standard InChI is InChI=1S/C34H38N2O3/c1-23-24(2)32-29(16-18-34(4,5)39-32)25(3)30(23)21-28-14-15-31(38-28)33(37)36(22-26-11-7-6-8-12-26)20-17-27-13-9-10-19-35-27/h6-15,19H,16-18,20-22H2,1-5H3. The fourth-order valence-corrected chi connectivity index (χ4v) is 5.48. The first-order valence-electron chi connectivity index (χ1n) is 13.8. The molecule has 0 unspecified atom stereocenters. The Bertz CT molecular complexity index is 1460. The molecule has 0 bridgehead atoms. The molecule has 3 heterocycles. The lowest BCUT2D eigenvalue weighted by Gasteiger charge is -2.35. The van der Waals surface area contributed by atoms with Crippen LogP contribution in [-0.2, 0) is 25.8 Å². The zero-order valence-electron chi connectivity index (χ0n) is 23.7. The van der Waals surface area contributed by atoms with Gasteiger partial charge in [-0.05, 0) is 105 Å². The van der Waals surface area contributed by atoms with Gasteiger partial charge in [0, 0.05) is 37.8 Å². The van der Waals surface area contributed by atoms with Crippen molar-refractivity contribution in [3.05, 3.63) is 117 Å². The van der Waals surface area contributed by atoms with Crippen LogP contribution in [0.4, 0.5) is 0 Å². The normalized spacial score (nSPS) is 14.0. The van der Waals surface area contributed by atoms with E-state index in [4.69, 9.17) is 9.15 Å². The summed E-state index contributed by atoms with van der Waals surface area (Å²) in [5.74, 6) is 2.11. The first-order valence-corrected chi connectivity index (χ1v) is 13.8. The molecule has 5 rings (SSSR count). The fourth-order valence-electron chi connectivity index (χ4n) is 5.48. The molecule has 2 aromatic heterocycles. The van der Waals surface area contributed by atoms with E-state index in [0.29, 0.717) is 31.7 Å². The first-order chi connectivity index (χ1) is 18.7. The van der Waals surface area contributed by atoms with Crippen LogP contribution in [0, 0.1) is 20.8 Å². The van der Waals surface area contributed by atoms with Crippen LogP contribution < -0.4 is 4.74 Å². The van der Waals surface area contributed by atoms with E-state index in [-0.39, 0.29) is 11.5 Å². The topological polar surface area (TPSA) is 55.6 Å². The number of carbonyl (C=O) groups excluding carboxylic acids is 1. The zero-order chi connectivity index (χ0) is 27.6. The van der Waals surface area contributed by atoms with Crippen LogP contribution in [-0.4, -0.2) is 27.9 Å². The minimum atomic E-state index is -0.142. The molecule has 0 saturated heterocycles. The highest BCUT2D eigenvalue weighted by molar-refractivity contribution is 5.91. The van der Waals surface area contributed by atoms with Gasteiger partial charge in [-0.1, -0.05) is 36.4 Å². The molecule has 1 aliphatic rings. The highest BCUT2D eigenvalue weighted by atomic mass is 16.5. The quantitative estimate of drug-likeness (QED) is 0.246. The largest absolute Gasteiger partial charge is 0.487 e. The van der Waals surface area contributed by atoms with Gasteiger partial charge in [0.15, 0.2) is 5.76 Å². The molecule has 5 heteroatoms. The van der Waals surface area contributed by atoms with Crippen LogP contribution in [0.2, 0.25) is 0 Å². The lowest BCUT2D eigenvalue weighted by atomic mass is 9.84. The Morgan fingerprint density at radius 2 is 1.72 bits per heavy atom. The molecule has 0 radical (unpaired) electrons. The smallest absolute Gasteiger partial charge is 0.289 e. The summed E-state index contributed by atoms with van der Waals surface area (Å²) in [5.41, 5.74) is 8.17. The molecule has 2 aromatic carbocycles. The summed E-state index contributed by atoms with van der Waals surface area (Å²) >= 11 is 0. The number of hydrogen-bond acceptors (Lipinski definition) is 4. The van der Waals surface area contributed by atoms with Crippen molar-refractivity contribution in [2.24, 2.45) is 0 Å². The van der Waals surface area contributed by atoms with Gasteiger partial charge >= 0.3 is 0 Å². The van der Waals surface area contributed by atoms with Crippen molar-refractivity contribution in [1.29, 1.82) is 0 Å². The van der Waals surface area contributed by atoms with Gasteiger partial charge in [-0.15, -0.1) is 0 Å². The minimum absolute atomic E-state index is 0.105. The van der Waals surface area contributed by atoms with Crippen molar-refractivity contribution in [2.75, 3.05) is 6.54 Å². The predicted molar refractivity (Wildman–Crippen MR) is 154 cm³/mol. The zero-order valence-corrected chi connectivity index (χ0v) is 23.7. The number of ether oxygens (including phenoxy) is 1. The van der Waals surface area contributed by atoms with Crippen molar-refractivity contribution in [3.8, 4) is 5.75 Å². The summed E-state index contributed by atoms with van der Waals surface area (Å²) in [4.78, 5) is 20.0. The van der Waals surface area contributed by atoms with Gasteiger partial charge in [-0.2, -0.15) is 0 Å². The summed E-state index contributed by atoms with van der Waals surface area (Å²) in [6, 6.07) is 19.7. The summed E-state index contributed by atoms with van der Waals surface area (Å²) in [7, 11) is 0. The Balaban J connectivity index is 1.37. The average Bonchev–Trinajstić information content (AvgIpc) is 3.41. The number of carbonyl (C=O) groups is 1. The molecule has 5 nitrogen and oxygen atoms in total. The highest BCUT2D eigenvalue weighted by Crippen LogP contribution is 2.41. The third-order valence-corrected chi connectivity index (χ3v) is 7.98. The minimum Gasteiger partial charge on any atom is -0.487 e. The molecule has 0 fully saturated rings. The Labute approximate surface area is 231 Å². The van der Waals surface area contributed by atoms with E-state index >= 15 is 0 Å². The van der Waals surface area contributed by atoms with Gasteiger partial charge in [-0.25, -0.2) is 0 Å². The number of fused-ring (bicyclic) bond motifs is 1. The Hall–Kier alpha value is -3.86. The summed E-state index contributed by atoms with van der Waals surface area (Å²) in [6.45, 7) is 11.9. The van der Waals surface area contributed by atoms with Crippen molar-refractivity contribution in [1.82, 2.24) is 9.88 Å². The number of benzene rings is 2. The second kappa shape index (κ2) is 11.1. The third kappa shape index (κ3) is 5.93. The van der Waals surface area contributed by atoms with Crippen molar-refractivity contribution >= 4 is 5.91 Å². The number of nitrogens with zero attached hydrogens (tertiary/aromatic N) is 2. The van der Waals surface area contributed by atoms with Crippen LogP contribution in [0.15, 0.2) is 71.3 Å². The lowest BCUT2D eigenvalue weighted by Crippen LogP contribution is -2.33. The lowest BCUT2D eigenvalue weighted by molar-refractivity contribution is 0.0710. The second-order valence-corrected chi connectivity index (χ2v) is 11.2. The van der Waals surface area contributed by atoms with Gasteiger partial charge in [-0.3, -0.25) is 9.78 Å². The molecular formula is C34H38N2O3. The molecule has 202 valence electrons. The summed E-state index contributed by atoms with van der Waals surface area (Å²) < 4.78 is 12.6. The number of pyridine rings is 1. The number of aromatic nitrogens is 1.